The van der Waals surface area contributed by atoms with Gasteiger partial charge in [-0.15, -0.1) is 11.3 Å². The number of fused-ring (bicyclic) bond motifs is 3. The van der Waals surface area contributed by atoms with Crippen molar-refractivity contribution in [2.75, 3.05) is 6.61 Å². The van der Waals surface area contributed by atoms with Crippen molar-refractivity contribution in [2.24, 2.45) is 5.92 Å². The Labute approximate surface area is 172 Å². The monoisotopic (exact) mass is 410 g/mol. The second-order valence-corrected chi connectivity index (χ2v) is 8.30. The molecule has 3 aromatic rings. The zero-order valence-corrected chi connectivity index (χ0v) is 16.9. The molecule has 0 radical (unpaired) electrons. The van der Waals surface area contributed by atoms with Crippen LogP contribution in [0.2, 0.25) is 0 Å². The molecule has 1 unspecified atom stereocenters. The molecule has 0 bridgehead atoms. The number of amides is 3. The van der Waals surface area contributed by atoms with Gasteiger partial charge in [-0.1, -0.05) is 37.3 Å². The highest BCUT2D eigenvalue weighted by molar-refractivity contribution is 7.18. The second-order valence-electron chi connectivity index (χ2n) is 7.22. The third-order valence-corrected chi connectivity index (χ3v) is 6.11. The first kappa shape index (κ1) is 19.3. The quantitative estimate of drug-likeness (QED) is 0.674. The first-order chi connectivity index (χ1) is 14.1. The van der Waals surface area contributed by atoms with Gasteiger partial charge in [-0.2, -0.15) is 0 Å². The molecule has 2 N–H and O–H groups in total. The van der Waals surface area contributed by atoms with Gasteiger partial charge in [-0.05, 0) is 36.3 Å². The molecule has 0 saturated carbocycles. The van der Waals surface area contributed by atoms with Gasteiger partial charge in [0.25, 0.3) is 5.91 Å². The standard InChI is InChI=1S/C21H22N4O3S/c1-13-7-8-15-16(9-13)29-20-18(15)19(23-12-24-20)28-11-17(26)25-21(27)22-10-14-5-3-2-4-6-14/h2-6,12-13H,7-11H2,1H3,(H2,22,25,26,27). The third kappa shape index (κ3) is 4.54. The van der Waals surface area contributed by atoms with Crippen molar-refractivity contribution < 1.29 is 14.3 Å². The van der Waals surface area contributed by atoms with E-state index in [1.807, 2.05) is 30.3 Å². The van der Waals surface area contributed by atoms with Crippen molar-refractivity contribution in [1.82, 2.24) is 20.6 Å². The smallest absolute Gasteiger partial charge is 0.321 e. The van der Waals surface area contributed by atoms with Crippen LogP contribution in [0.5, 0.6) is 5.88 Å². The third-order valence-electron chi connectivity index (χ3n) is 4.95. The molecule has 1 aliphatic rings. The van der Waals surface area contributed by atoms with Crippen LogP contribution in [0.25, 0.3) is 10.2 Å². The molecule has 1 aromatic carbocycles. The fourth-order valence-corrected chi connectivity index (χ4v) is 4.82. The zero-order valence-electron chi connectivity index (χ0n) is 16.1. The normalized spacial score (nSPS) is 15.6. The van der Waals surface area contributed by atoms with Crippen molar-refractivity contribution >= 4 is 33.5 Å². The number of urea groups is 1. The molecule has 150 valence electrons. The van der Waals surface area contributed by atoms with Crippen LogP contribution in [0.3, 0.4) is 0 Å². The van der Waals surface area contributed by atoms with E-state index < -0.39 is 11.9 Å². The number of carbonyl (C=O) groups excluding carboxylic acids is 2. The van der Waals surface area contributed by atoms with Crippen LogP contribution in [-0.2, 0) is 24.2 Å². The van der Waals surface area contributed by atoms with E-state index in [1.165, 1.54) is 16.8 Å². The van der Waals surface area contributed by atoms with Crippen molar-refractivity contribution in [2.45, 2.75) is 32.7 Å². The van der Waals surface area contributed by atoms with Gasteiger partial charge < -0.3 is 10.1 Å². The number of aryl methyl sites for hydroxylation is 1. The van der Waals surface area contributed by atoms with E-state index in [2.05, 4.69) is 27.5 Å². The highest BCUT2D eigenvalue weighted by Crippen LogP contribution is 2.40. The fraction of sp³-hybridized carbons (Fsp3) is 0.333. The van der Waals surface area contributed by atoms with Crippen LogP contribution < -0.4 is 15.4 Å². The number of aromatic nitrogens is 2. The van der Waals surface area contributed by atoms with Crippen molar-refractivity contribution in [3.8, 4) is 5.88 Å². The summed E-state index contributed by atoms with van der Waals surface area (Å²) < 4.78 is 5.66. The average Bonchev–Trinajstić information content (AvgIpc) is 3.09. The summed E-state index contributed by atoms with van der Waals surface area (Å²) in [5.74, 6) is 0.537. The lowest BCUT2D eigenvalue weighted by molar-refractivity contribution is -0.122. The summed E-state index contributed by atoms with van der Waals surface area (Å²) in [4.78, 5) is 34.8. The SMILES string of the molecule is CC1CCc2c(sc3ncnc(OCC(=O)NC(=O)NCc4ccccc4)c23)C1. The molecule has 2 aromatic heterocycles. The molecule has 4 rings (SSSR count). The van der Waals surface area contributed by atoms with Crippen LogP contribution in [0, 0.1) is 5.92 Å². The molecule has 8 heteroatoms. The van der Waals surface area contributed by atoms with Gasteiger partial charge in [-0.25, -0.2) is 14.8 Å². The Morgan fingerprint density at radius 2 is 2.07 bits per heavy atom. The number of rotatable bonds is 5. The van der Waals surface area contributed by atoms with Gasteiger partial charge in [0, 0.05) is 11.4 Å². The van der Waals surface area contributed by atoms with E-state index >= 15 is 0 Å². The Morgan fingerprint density at radius 1 is 1.24 bits per heavy atom. The highest BCUT2D eigenvalue weighted by Gasteiger charge is 2.24. The predicted octanol–water partition coefficient (Wildman–Crippen LogP) is 3.22. The number of ether oxygens (including phenoxy) is 1. The van der Waals surface area contributed by atoms with Crippen molar-refractivity contribution in [3.63, 3.8) is 0 Å². The number of carbonyl (C=O) groups is 2. The van der Waals surface area contributed by atoms with E-state index in [1.54, 1.807) is 11.3 Å². The molecule has 0 aliphatic heterocycles. The van der Waals surface area contributed by atoms with E-state index in [9.17, 15) is 9.59 Å². The second kappa shape index (κ2) is 8.57. The largest absolute Gasteiger partial charge is 0.467 e. The van der Waals surface area contributed by atoms with Gasteiger partial charge in [0.2, 0.25) is 5.88 Å². The lowest BCUT2D eigenvalue weighted by atomic mass is 9.89. The van der Waals surface area contributed by atoms with E-state index in [0.717, 1.165) is 35.0 Å². The molecule has 0 spiro atoms. The summed E-state index contributed by atoms with van der Waals surface area (Å²) >= 11 is 1.67. The molecule has 0 saturated heterocycles. The number of thiophene rings is 1. The maximum atomic E-state index is 12.1. The number of nitrogens with zero attached hydrogens (tertiary/aromatic N) is 2. The van der Waals surface area contributed by atoms with Crippen LogP contribution in [0.4, 0.5) is 4.79 Å². The van der Waals surface area contributed by atoms with Gasteiger partial charge in [-0.3, -0.25) is 10.1 Å². The summed E-state index contributed by atoms with van der Waals surface area (Å²) in [7, 11) is 0. The number of nitrogens with one attached hydrogen (secondary N) is 2. The zero-order chi connectivity index (χ0) is 20.2. The fourth-order valence-electron chi connectivity index (χ4n) is 3.47. The summed E-state index contributed by atoms with van der Waals surface area (Å²) in [6.07, 6.45) is 4.58. The van der Waals surface area contributed by atoms with Gasteiger partial charge in [0.15, 0.2) is 6.61 Å². The lowest BCUT2D eigenvalue weighted by Crippen LogP contribution is -2.41. The van der Waals surface area contributed by atoms with Crippen LogP contribution in [-0.4, -0.2) is 28.5 Å². The van der Waals surface area contributed by atoms with Gasteiger partial charge >= 0.3 is 6.03 Å². The summed E-state index contributed by atoms with van der Waals surface area (Å²) in [6.45, 7) is 2.31. The number of benzene rings is 1. The Morgan fingerprint density at radius 3 is 2.90 bits per heavy atom. The van der Waals surface area contributed by atoms with Crippen LogP contribution in [0.15, 0.2) is 36.7 Å². The molecular formula is C21H22N4O3S. The van der Waals surface area contributed by atoms with E-state index in [4.69, 9.17) is 4.74 Å². The van der Waals surface area contributed by atoms with Crippen molar-refractivity contribution in [1.29, 1.82) is 0 Å². The Bertz CT molecular complexity index is 1040. The lowest BCUT2D eigenvalue weighted by Gasteiger charge is -2.18. The van der Waals surface area contributed by atoms with Crippen LogP contribution >= 0.6 is 11.3 Å². The minimum atomic E-state index is -0.558. The minimum absolute atomic E-state index is 0.286. The summed E-state index contributed by atoms with van der Waals surface area (Å²) in [6, 6.07) is 8.92. The summed E-state index contributed by atoms with van der Waals surface area (Å²) in [5, 5.41) is 5.83. The molecule has 1 atom stereocenters. The highest BCUT2D eigenvalue weighted by atomic mass is 32.1. The predicted molar refractivity (Wildman–Crippen MR) is 111 cm³/mol. The molecule has 0 fully saturated rings. The minimum Gasteiger partial charge on any atom is -0.467 e. The number of imide groups is 1. The maximum absolute atomic E-state index is 12.1. The molecule has 7 nitrogen and oxygen atoms in total. The van der Waals surface area contributed by atoms with Gasteiger partial charge in [0.1, 0.15) is 11.2 Å². The topological polar surface area (TPSA) is 93.2 Å². The van der Waals surface area contributed by atoms with Crippen LogP contribution in [0.1, 0.15) is 29.3 Å². The first-order valence-corrected chi connectivity index (χ1v) is 10.4. The Kier molecular flexibility index (Phi) is 5.71. The maximum Gasteiger partial charge on any atom is 0.321 e. The molecule has 3 amide bonds. The average molecular weight is 410 g/mol. The molecule has 1 aliphatic carbocycles. The molecule has 2 heterocycles. The van der Waals surface area contributed by atoms with E-state index in [0.29, 0.717) is 18.3 Å². The molecular weight excluding hydrogens is 388 g/mol. The summed E-state index contributed by atoms with van der Waals surface area (Å²) in [5.41, 5.74) is 2.19. The first-order valence-electron chi connectivity index (χ1n) is 9.60. The Hall–Kier alpha value is -3.00. The Balaban J connectivity index is 1.36. The number of hydrogen-bond donors (Lipinski definition) is 2. The number of hydrogen-bond acceptors (Lipinski definition) is 6. The van der Waals surface area contributed by atoms with E-state index in [-0.39, 0.29) is 6.61 Å². The van der Waals surface area contributed by atoms with Crippen molar-refractivity contribution in [3.05, 3.63) is 52.7 Å². The van der Waals surface area contributed by atoms with Gasteiger partial charge in [0.05, 0.1) is 5.39 Å². The molecule has 29 heavy (non-hydrogen) atoms.